The van der Waals surface area contributed by atoms with Crippen molar-refractivity contribution in [3.63, 3.8) is 0 Å². The molecule has 3 rings (SSSR count). The summed E-state index contributed by atoms with van der Waals surface area (Å²) in [7, 11) is 1.88. The summed E-state index contributed by atoms with van der Waals surface area (Å²) in [4.78, 5) is 11.0. The maximum absolute atomic E-state index is 5.75. The number of nitrogens with zero attached hydrogens (tertiary/aromatic N) is 5. The summed E-state index contributed by atoms with van der Waals surface area (Å²) in [6, 6.07) is 0. The summed E-state index contributed by atoms with van der Waals surface area (Å²) in [6.07, 6.45) is 3.98. The quantitative estimate of drug-likeness (QED) is 0.902. The van der Waals surface area contributed by atoms with Gasteiger partial charge >= 0.3 is 0 Å². The predicted octanol–water partition coefficient (Wildman–Crippen LogP) is 0.884. The first-order valence-corrected chi connectivity index (χ1v) is 7.38. The molecule has 1 N–H and O–H groups in total. The largest absolute Gasteiger partial charge is 0.373 e. The van der Waals surface area contributed by atoms with Gasteiger partial charge in [0.2, 0.25) is 0 Å². The molecule has 0 spiro atoms. The van der Waals surface area contributed by atoms with Crippen molar-refractivity contribution >= 4 is 16.9 Å². The van der Waals surface area contributed by atoms with Crippen molar-refractivity contribution in [1.82, 2.24) is 24.6 Å². The number of aryl methyl sites for hydroxylation is 1. The summed E-state index contributed by atoms with van der Waals surface area (Å²) >= 11 is 0. The molecular formula is C14H22N6O. The van der Waals surface area contributed by atoms with Gasteiger partial charge < -0.3 is 10.1 Å². The summed E-state index contributed by atoms with van der Waals surface area (Å²) in [5, 5.41) is 8.57. The molecule has 1 saturated heterocycles. The number of nitrogens with one attached hydrogen (secondary N) is 1. The maximum atomic E-state index is 5.75. The van der Waals surface area contributed by atoms with Gasteiger partial charge in [-0.25, -0.2) is 9.97 Å². The first kappa shape index (κ1) is 14.2. The first-order valence-electron chi connectivity index (χ1n) is 7.38. The van der Waals surface area contributed by atoms with Crippen LogP contribution in [0.15, 0.2) is 12.5 Å². The van der Waals surface area contributed by atoms with Crippen molar-refractivity contribution < 1.29 is 4.74 Å². The highest BCUT2D eigenvalue weighted by Gasteiger charge is 2.21. The van der Waals surface area contributed by atoms with Crippen molar-refractivity contribution in [2.75, 3.05) is 31.5 Å². The molecule has 0 saturated carbocycles. The van der Waals surface area contributed by atoms with Gasteiger partial charge in [-0.2, -0.15) is 5.10 Å². The van der Waals surface area contributed by atoms with Crippen molar-refractivity contribution in [3.8, 4) is 0 Å². The van der Waals surface area contributed by atoms with Crippen LogP contribution in [0.5, 0.6) is 0 Å². The van der Waals surface area contributed by atoms with E-state index in [1.165, 1.54) is 0 Å². The fraction of sp³-hybridized carbons (Fsp3) is 0.643. The Labute approximate surface area is 124 Å². The first-order chi connectivity index (χ1) is 10.1. The zero-order valence-corrected chi connectivity index (χ0v) is 12.8. The molecule has 1 aliphatic rings. The topological polar surface area (TPSA) is 68.1 Å². The number of hydrogen-bond donors (Lipinski definition) is 1. The summed E-state index contributed by atoms with van der Waals surface area (Å²) in [5.41, 5.74) is 0.848. The smallest absolute Gasteiger partial charge is 0.163 e. The van der Waals surface area contributed by atoms with Gasteiger partial charge in [0, 0.05) is 33.2 Å². The van der Waals surface area contributed by atoms with Crippen LogP contribution in [-0.4, -0.2) is 63.0 Å². The monoisotopic (exact) mass is 290 g/mol. The lowest BCUT2D eigenvalue weighted by Gasteiger charge is -2.35. The van der Waals surface area contributed by atoms with Gasteiger partial charge in [-0.1, -0.05) is 0 Å². The Hall–Kier alpha value is -1.73. The number of anilines is 1. The van der Waals surface area contributed by atoms with Gasteiger partial charge in [0.15, 0.2) is 5.65 Å². The summed E-state index contributed by atoms with van der Waals surface area (Å²) in [6.45, 7) is 8.04. The Morgan fingerprint density at radius 1 is 1.29 bits per heavy atom. The van der Waals surface area contributed by atoms with E-state index in [1.807, 2.05) is 7.05 Å². The second kappa shape index (κ2) is 5.95. The molecule has 2 atom stereocenters. The van der Waals surface area contributed by atoms with Crippen molar-refractivity contribution in [3.05, 3.63) is 12.5 Å². The average Bonchev–Trinajstić information content (AvgIpc) is 2.81. The van der Waals surface area contributed by atoms with Crippen molar-refractivity contribution in [2.45, 2.75) is 26.1 Å². The second-order valence-electron chi connectivity index (χ2n) is 5.67. The predicted molar refractivity (Wildman–Crippen MR) is 81.2 cm³/mol. The molecule has 7 nitrogen and oxygen atoms in total. The molecular weight excluding hydrogens is 268 g/mol. The zero-order chi connectivity index (χ0) is 14.8. The highest BCUT2D eigenvalue weighted by molar-refractivity contribution is 5.85. The highest BCUT2D eigenvalue weighted by atomic mass is 16.5. The fourth-order valence-corrected chi connectivity index (χ4v) is 2.90. The normalized spacial score (nSPS) is 23.6. The number of ether oxygens (including phenoxy) is 1. The summed E-state index contributed by atoms with van der Waals surface area (Å²) < 4.78 is 7.51. The van der Waals surface area contributed by atoms with Crippen LogP contribution < -0.4 is 5.32 Å². The third kappa shape index (κ3) is 3.14. The summed E-state index contributed by atoms with van der Waals surface area (Å²) in [5.74, 6) is 0.849. The molecule has 0 aliphatic carbocycles. The van der Waals surface area contributed by atoms with Gasteiger partial charge in [0.05, 0.1) is 23.8 Å². The van der Waals surface area contributed by atoms with Crippen LogP contribution in [0.3, 0.4) is 0 Å². The highest BCUT2D eigenvalue weighted by Crippen LogP contribution is 2.17. The van der Waals surface area contributed by atoms with E-state index in [4.69, 9.17) is 4.74 Å². The minimum absolute atomic E-state index is 0.304. The molecule has 3 heterocycles. The minimum atomic E-state index is 0.304. The van der Waals surface area contributed by atoms with Crippen molar-refractivity contribution in [2.24, 2.45) is 7.05 Å². The SMILES string of the molecule is C[C@H]1CN(CCNc2ncnc3c2cnn3C)C[C@H](C)O1. The zero-order valence-electron chi connectivity index (χ0n) is 12.8. The second-order valence-corrected chi connectivity index (χ2v) is 5.67. The minimum Gasteiger partial charge on any atom is -0.373 e. The molecule has 114 valence electrons. The number of aromatic nitrogens is 4. The van der Waals surface area contributed by atoms with Crippen LogP contribution >= 0.6 is 0 Å². The van der Waals surface area contributed by atoms with Crippen molar-refractivity contribution in [1.29, 1.82) is 0 Å². The van der Waals surface area contributed by atoms with E-state index in [-0.39, 0.29) is 0 Å². The molecule has 7 heteroatoms. The Morgan fingerprint density at radius 2 is 2.05 bits per heavy atom. The number of morpholine rings is 1. The Bertz CT molecular complexity index is 603. The molecule has 21 heavy (non-hydrogen) atoms. The lowest BCUT2D eigenvalue weighted by Crippen LogP contribution is -2.46. The maximum Gasteiger partial charge on any atom is 0.163 e. The van der Waals surface area contributed by atoms with E-state index in [1.54, 1.807) is 17.2 Å². The van der Waals surface area contributed by atoms with Crippen LogP contribution in [0.25, 0.3) is 11.0 Å². The Balaban J connectivity index is 1.59. The molecule has 0 amide bonds. The van der Waals surface area contributed by atoms with Crippen LogP contribution in [0, 0.1) is 0 Å². The molecule has 1 aliphatic heterocycles. The third-order valence-corrected chi connectivity index (χ3v) is 3.75. The molecule has 2 aromatic rings. The van der Waals surface area contributed by atoms with Gasteiger partial charge in [0.1, 0.15) is 12.1 Å². The average molecular weight is 290 g/mol. The van der Waals surface area contributed by atoms with Gasteiger partial charge in [-0.05, 0) is 13.8 Å². The van der Waals surface area contributed by atoms with Crippen LogP contribution in [0.4, 0.5) is 5.82 Å². The van der Waals surface area contributed by atoms with E-state index < -0.39 is 0 Å². The molecule has 0 bridgehead atoms. The molecule has 1 fully saturated rings. The third-order valence-electron chi connectivity index (χ3n) is 3.75. The lowest BCUT2D eigenvalue weighted by atomic mass is 10.2. The van der Waals surface area contributed by atoms with E-state index >= 15 is 0 Å². The van der Waals surface area contributed by atoms with Gasteiger partial charge in [-0.3, -0.25) is 9.58 Å². The van der Waals surface area contributed by atoms with Gasteiger partial charge in [-0.15, -0.1) is 0 Å². The number of fused-ring (bicyclic) bond motifs is 1. The lowest BCUT2D eigenvalue weighted by molar-refractivity contribution is -0.0667. The van der Waals surface area contributed by atoms with Crippen LogP contribution in [-0.2, 0) is 11.8 Å². The molecule has 0 unspecified atom stereocenters. The van der Waals surface area contributed by atoms with E-state index in [0.29, 0.717) is 12.2 Å². The van der Waals surface area contributed by atoms with Crippen LogP contribution in [0.1, 0.15) is 13.8 Å². The standard InChI is InChI=1S/C14H22N6O/c1-10-7-20(8-11(2)21-10)5-4-15-13-12-6-18-19(3)14(12)17-9-16-13/h6,9-11H,4-5,7-8H2,1-3H3,(H,15,16,17)/t10-,11-/m0/s1. The van der Waals surface area contributed by atoms with E-state index in [2.05, 4.69) is 39.1 Å². The number of hydrogen-bond acceptors (Lipinski definition) is 6. The Morgan fingerprint density at radius 3 is 2.81 bits per heavy atom. The fourth-order valence-electron chi connectivity index (χ4n) is 2.90. The molecule has 0 radical (unpaired) electrons. The molecule has 2 aromatic heterocycles. The number of rotatable bonds is 4. The molecule has 0 aromatic carbocycles. The Kier molecular flexibility index (Phi) is 4.03. The van der Waals surface area contributed by atoms with E-state index in [0.717, 1.165) is 43.0 Å². The van der Waals surface area contributed by atoms with E-state index in [9.17, 15) is 0 Å². The van der Waals surface area contributed by atoms with Gasteiger partial charge in [0.25, 0.3) is 0 Å². The van der Waals surface area contributed by atoms with Crippen LogP contribution in [0.2, 0.25) is 0 Å².